The number of hydrogen-bond donors (Lipinski definition) is 0. The van der Waals surface area contributed by atoms with E-state index in [1.165, 1.54) is 22.3 Å². The van der Waals surface area contributed by atoms with Gasteiger partial charge in [-0.3, -0.25) is 0 Å². The molecule has 0 bridgehead atoms. The first-order valence-electron chi connectivity index (χ1n) is 7.89. The summed E-state index contributed by atoms with van der Waals surface area (Å²) < 4.78 is 12.0. The summed E-state index contributed by atoms with van der Waals surface area (Å²) in [4.78, 5) is 0. The Morgan fingerprint density at radius 2 is 1.29 bits per heavy atom. The molecular weight excluding hydrogens is 260 g/mol. The van der Waals surface area contributed by atoms with Crippen LogP contribution in [-0.2, 0) is 6.42 Å². The maximum Gasteiger partial charge on any atom is 0.110 e. The van der Waals surface area contributed by atoms with Gasteiger partial charge in [-0.05, 0) is 63.3 Å². The van der Waals surface area contributed by atoms with Crippen LogP contribution in [0.2, 0.25) is 0 Å². The van der Waals surface area contributed by atoms with E-state index in [0.29, 0.717) is 11.8 Å². The Bertz CT molecular complexity index is 641. The molecule has 0 amide bonds. The van der Waals surface area contributed by atoms with Gasteiger partial charge in [0.1, 0.15) is 23.0 Å². The molecule has 0 aliphatic rings. The second kappa shape index (κ2) is 5.75. The van der Waals surface area contributed by atoms with Crippen LogP contribution < -0.4 is 0 Å². The van der Waals surface area contributed by atoms with Gasteiger partial charge >= 0.3 is 0 Å². The van der Waals surface area contributed by atoms with E-state index >= 15 is 0 Å². The first-order chi connectivity index (χ1) is 9.73. The smallest absolute Gasteiger partial charge is 0.110 e. The predicted octanol–water partition coefficient (Wildman–Crippen LogP) is 5.88. The zero-order valence-corrected chi connectivity index (χ0v) is 14.7. The van der Waals surface area contributed by atoms with Crippen molar-refractivity contribution in [2.75, 3.05) is 0 Å². The monoisotopic (exact) mass is 288 g/mol. The number of hydrogen-bond acceptors (Lipinski definition) is 2. The molecule has 21 heavy (non-hydrogen) atoms. The van der Waals surface area contributed by atoms with E-state index in [9.17, 15) is 0 Å². The minimum Gasteiger partial charge on any atom is -0.466 e. The molecule has 116 valence electrons. The Kier molecular flexibility index (Phi) is 4.36. The highest BCUT2D eigenvalue weighted by Crippen LogP contribution is 2.34. The molecule has 2 aromatic rings. The summed E-state index contributed by atoms with van der Waals surface area (Å²) in [5, 5.41) is 0. The van der Waals surface area contributed by atoms with Crippen LogP contribution >= 0.6 is 0 Å². The third-order valence-electron chi connectivity index (χ3n) is 4.72. The average molecular weight is 288 g/mol. The van der Waals surface area contributed by atoms with Crippen molar-refractivity contribution in [1.29, 1.82) is 0 Å². The molecule has 0 spiro atoms. The molecule has 2 nitrogen and oxygen atoms in total. The number of rotatable bonds is 4. The standard InChI is InChI=1S/C19H28O2/c1-10(2)18-14(6)17(16(8)21-18)9-11(3)19-13(5)12(4)15(7)20-19/h10-11H,9H2,1-8H3. The van der Waals surface area contributed by atoms with Crippen LogP contribution in [0.1, 0.15) is 77.9 Å². The zero-order chi connectivity index (χ0) is 15.9. The van der Waals surface area contributed by atoms with Gasteiger partial charge in [-0.25, -0.2) is 0 Å². The van der Waals surface area contributed by atoms with Crippen LogP contribution in [0.15, 0.2) is 8.83 Å². The molecule has 0 saturated heterocycles. The van der Waals surface area contributed by atoms with Crippen molar-refractivity contribution in [1.82, 2.24) is 0 Å². The Morgan fingerprint density at radius 3 is 1.71 bits per heavy atom. The van der Waals surface area contributed by atoms with Gasteiger partial charge in [0.15, 0.2) is 0 Å². The number of furan rings is 2. The van der Waals surface area contributed by atoms with Crippen molar-refractivity contribution in [3.8, 4) is 0 Å². The highest BCUT2D eigenvalue weighted by Gasteiger charge is 2.22. The van der Waals surface area contributed by atoms with E-state index in [4.69, 9.17) is 8.83 Å². The summed E-state index contributed by atoms with van der Waals surface area (Å²) in [7, 11) is 0. The first-order valence-corrected chi connectivity index (χ1v) is 7.89. The molecule has 0 aliphatic heterocycles. The van der Waals surface area contributed by atoms with Gasteiger partial charge in [0.05, 0.1) is 0 Å². The summed E-state index contributed by atoms with van der Waals surface area (Å²) in [5.74, 6) is 5.14. The fraction of sp³-hybridized carbons (Fsp3) is 0.579. The third kappa shape index (κ3) is 2.81. The Balaban J connectivity index is 2.32. The second-order valence-electron chi connectivity index (χ2n) is 6.66. The van der Waals surface area contributed by atoms with E-state index in [2.05, 4.69) is 48.5 Å². The highest BCUT2D eigenvalue weighted by atomic mass is 16.3. The molecule has 1 unspecified atom stereocenters. The summed E-state index contributed by atoms with van der Waals surface area (Å²) in [5.41, 5.74) is 5.23. The van der Waals surface area contributed by atoms with E-state index in [1.807, 2.05) is 6.92 Å². The second-order valence-corrected chi connectivity index (χ2v) is 6.66. The summed E-state index contributed by atoms with van der Waals surface area (Å²) in [6.07, 6.45) is 0.973. The van der Waals surface area contributed by atoms with Gasteiger partial charge in [-0.2, -0.15) is 0 Å². The molecule has 2 heterocycles. The highest BCUT2D eigenvalue weighted by molar-refractivity contribution is 5.37. The van der Waals surface area contributed by atoms with Crippen LogP contribution in [-0.4, -0.2) is 0 Å². The van der Waals surface area contributed by atoms with E-state index in [0.717, 1.165) is 29.5 Å². The topological polar surface area (TPSA) is 26.3 Å². The van der Waals surface area contributed by atoms with E-state index in [1.54, 1.807) is 0 Å². The Morgan fingerprint density at radius 1 is 0.714 bits per heavy atom. The minimum atomic E-state index is 0.368. The normalized spacial score (nSPS) is 13.2. The van der Waals surface area contributed by atoms with Gasteiger partial charge in [0.25, 0.3) is 0 Å². The molecule has 2 aromatic heterocycles. The molecule has 2 rings (SSSR count). The van der Waals surface area contributed by atoms with Crippen LogP contribution in [0.25, 0.3) is 0 Å². The molecule has 0 aromatic carbocycles. The summed E-state index contributed by atoms with van der Waals surface area (Å²) >= 11 is 0. The summed E-state index contributed by atoms with van der Waals surface area (Å²) in [6, 6.07) is 0. The lowest BCUT2D eigenvalue weighted by Gasteiger charge is -2.11. The summed E-state index contributed by atoms with van der Waals surface area (Å²) in [6.45, 7) is 17.2. The van der Waals surface area contributed by atoms with Gasteiger partial charge < -0.3 is 8.83 Å². The molecule has 0 fully saturated rings. The lowest BCUT2D eigenvalue weighted by atomic mass is 9.92. The molecule has 0 N–H and O–H groups in total. The predicted molar refractivity (Wildman–Crippen MR) is 87.3 cm³/mol. The van der Waals surface area contributed by atoms with E-state index in [-0.39, 0.29) is 0 Å². The van der Waals surface area contributed by atoms with Gasteiger partial charge in [-0.1, -0.05) is 20.8 Å². The van der Waals surface area contributed by atoms with Crippen molar-refractivity contribution in [2.24, 2.45) is 0 Å². The minimum absolute atomic E-state index is 0.368. The van der Waals surface area contributed by atoms with Crippen LogP contribution in [0.5, 0.6) is 0 Å². The molecule has 2 heteroatoms. The Hall–Kier alpha value is -1.44. The lowest BCUT2D eigenvalue weighted by Crippen LogP contribution is -2.01. The lowest BCUT2D eigenvalue weighted by molar-refractivity contribution is 0.443. The quantitative estimate of drug-likeness (QED) is 0.701. The van der Waals surface area contributed by atoms with Gasteiger partial charge in [-0.15, -0.1) is 0 Å². The van der Waals surface area contributed by atoms with Crippen molar-refractivity contribution in [2.45, 2.75) is 73.6 Å². The van der Waals surface area contributed by atoms with Crippen molar-refractivity contribution >= 4 is 0 Å². The van der Waals surface area contributed by atoms with Gasteiger partial charge in [0.2, 0.25) is 0 Å². The average Bonchev–Trinajstić information content (AvgIpc) is 2.83. The van der Waals surface area contributed by atoms with E-state index < -0.39 is 0 Å². The van der Waals surface area contributed by atoms with Crippen LogP contribution in [0.3, 0.4) is 0 Å². The molecule has 0 aliphatic carbocycles. The van der Waals surface area contributed by atoms with Crippen molar-refractivity contribution in [3.05, 3.63) is 45.3 Å². The third-order valence-corrected chi connectivity index (χ3v) is 4.72. The fourth-order valence-corrected chi connectivity index (χ4v) is 3.20. The SMILES string of the molecule is Cc1oc(C(C)Cc2c(C)oc(C(C)C)c2C)c(C)c1C. The van der Waals surface area contributed by atoms with Gasteiger partial charge in [0, 0.05) is 11.8 Å². The van der Waals surface area contributed by atoms with Crippen molar-refractivity contribution < 1.29 is 8.83 Å². The molecule has 0 saturated carbocycles. The molecular formula is C19H28O2. The molecule has 0 radical (unpaired) electrons. The maximum atomic E-state index is 5.98. The maximum absolute atomic E-state index is 5.98. The van der Waals surface area contributed by atoms with Crippen LogP contribution in [0, 0.1) is 34.6 Å². The van der Waals surface area contributed by atoms with Crippen molar-refractivity contribution in [3.63, 3.8) is 0 Å². The largest absolute Gasteiger partial charge is 0.466 e. The zero-order valence-electron chi connectivity index (χ0n) is 14.7. The number of aryl methyl sites for hydroxylation is 2. The molecule has 1 atom stereocenters. The Labute approximate surface area is 128 Å². The fourth-order valence-electron chi connectivity index (χ4n) is 3.20. The first kappa shape index (κ1) is 15.9. The van der Waals surface area contributed by atoms with Crippen LogP contribution in [0.4, 0.5) is 0 Å².